The number of hydrogen-bond acceptors (Lipinski definition) is 1. The third-order valence-electron chi connectivity index (χ3n) is 1.98. The zero-order valence-electron chi connectivity index (χ0n) is 7.38. The van der Waals surface area contributed by atoms with Gasteiger partial charge in [-0.3, -0.25) is 0 Å². The average Bonchev–Trinajstić information content (AvgIpc) is 2.05. The molecule has 1 nitrogen and oxygen atoms in total. The molecule has 0 radical (unpaired) electrons. The van der Waals surface area contributed by atoms with Crippen molar-refractivity contribution in [3.8, 4) is 6.07 Å². The van der Waals surface area contributed by atoms with E-state index in [2.05, 4.69) is 25.1 Å². The van der Waals surface area contributed by atoms with E-state index in [0.29, 0.717) is 0 Å². The Morgan fingerprint density at radius 2 is 2.42 bits per heavy atom. The first-order valence-corrected chi connectivity index (χ1v) is 4.33. The molecule has 1 aliphatic rings. The van der Waals surface area contributed by atoms with Crippen LogP contribution in [0.2, 0.25) is 0 Å². The van der Waals surface area contributed by atoms with Crippen LogP contribution in [0.4, 0.5) is 0 Å². The lowest BCUT2D eigenvalue weighted by Crippen LogP contribution is -1.83. The summed E-state index contributed by atoms with van der Waals surface area (Å²) >= 11 is 0. The minimum absolute atomic E-state index is 0.873. The fourth-order valence-electron chi connectivity index (χ4n) is 1.21. The smallest absolute Gasteiger partial charge is 0.0947 e. The molecule has 0 aromatic rings. The van der Waals surface area contributed by atoms with Gasteiger partial charge in [0.1, 0.15) is 0 Å². The molecule has 62 valence electrons. The van der Waals surface area contributed by atoms with Crippen LogP contribution in [0, 0.1) is 11.3 Å². The molecule has 0 saturated heterocycles. The predicted molar refractivity (Wildman–Crippen MR) is 50.4 cm³/mol. The van der Waals surface area contributed by atoms with Gasteiger partial charge in [0.25, 0.3) is 0 Å². The molecule has 0 fully saturated rings. The van der Waals surface area contributed by atoms with E-state index in [4.69, 9.17) is 5.26 Å². The van der Waals surface area contributed by atoms with Crippen LogP contribution < -0.4 is 0 Å². The van der Waals surface area contributed by atoms with Gasteiger partial charge in [-0.2, -0.15) is 5.26 Å². The fraction of sp³-hybridized carbons (Fsp3) is 0.364. The quantitative estimate of drug-likeness (QED) is 0.576. The highest BCUT2D eigenvalue weighted by Crippen LogP contribution is 2.13. The lowest BCUT2D eigenvalue weighted by molar-refractivity contribution is 0.981. The average molecular weight is 159 g/mol. The van der Waals surface area contributed by atoms with Crippen LogP contribution in [0.25, 0.3) is 0 Å². The minimum Gasteiger partial charge on any atom is -0.193 e. The van der Waals surface area contributed by atoms with E-state index in [0.717, 1.165) is 24.8 Å². The molecule has 0 aliphatic heterocycles. The summed E-state index contributed by atoms with van der Waals surface area (Å²) in [6.07, 6.45) is 11.1. The molecule has 1 rings (SSSR count). The molecule has 0 aromatic carbocycles. The number of nitrogens with zero attached hydrogens (tertiary/aromatic N) is 1. The van der Waals surface area contributed by atoms with Gasteiger partial charge < -0.3 is 0 Å². The van der Waals surface area contributed by atoms with Crippen LogP contribution in [0.15, 0.2) is 35.5 Å². The van der Waals surface area contributed by atoms with Gasteiger partial charge in [0, 0.05) is 5.57 Å². The molecule has 0 amide bonds. The van der Waals surface area contributed by atoms with Crippen molar-refractivity contribution < 1.29 is 0 Å². The van der Waals surface area contributed by atoms with Gasteiger partial charge in [-0.15, -0.1) is 0 Å². The highest BCUT2D eigenvalue weighted by Gasteiger charge is 1.96. The second kappa shape index (κ2) is 4.56. The minimum atomic E-state index is 0.873. The molecule has 0 unspecified atom stereocenters. The van der Waals surface area contributed by atoms with E-state index >= 15 is 0 Å². The van der Waals surface area contributed by atoms with Crippen LogP contribution in [0.5, 0.6) is 0 Å². The summed E-state index contributed by atoms with van der Waals surface area (Å²) in [4.78, 5) is 0. The summed E-state index contributed by atoms with van der Waals surface area (Å²) in [5, 5.41) is 8.66. The van der Waals surface area contributed by atoms with Crippen molar-refractivity contribution in [3.63, 3.8) is 0 Å². The number of nitriles is 1. The third kappa shape index (κ3) is 2.39. The number of allylic oxidation sites excluding steroid dienone is 6. The topological polar surface area (TPSA) is 23.8 Å². The monoisotopic (exact) mass is 159 g/mol. The van der Waals surface area contributed by atoms with Crippen molar-refractivity contribution in [2.24, 2.45) is 0 Å². The summed E-state index contributed by atoms with van der Waals surface area (Å²) in [5.74, 6) is 0. The van der Waals surface area contributed by atoms with Crippen molar-refractivity contribution in [3.05, 3.63) is 35.5 Å². The van der Waals surface area contributed by atoms with Crippen LogP contribution in [0.1, 0.15) is 26.2 Å². The van der Waals surface area contributed by atoms with E-state index < -0.39 is 0 Å². The van der Waals surface area contributed by atoms with E-state index in [9.17, 15) is 0 Å². The molecule has 0 saturated carbocycles. The van der Waals surface area contributed by atoms with Gasteiger partial charge in [0.15, 0.2) is 0 Å². The summed E-state index contributed by atoms with van der Waals surface area (Å²) in [6.45, 7) is 2.15. The van der Waals surface area contributed by atoms with Gasteiger partial charge in [-0.05, 0) is 25.3 Å². The Morgan fingerprint density at radius 3 is 3.08 bits per heavy atom. The van der Waals surface area contributed by atoms with E-state index in [1.807, 2.05) is 12.2 Å². The molecule has 1 aliphatic carbocycles. The second-order valence-corrected chi connectivity index (χ2v) is 2.83. The molecule has 0 aromatic heterocycles. The standard InChI is InChI=1S/C11H13N/c1-2-10-5-3-7-11(9-12)8-4-6-10/h3,5-7H,2,4,8H2,1H3/b5-3-,10-6-,11-7-. The van der Waals surface area contributed by atoms with Crippen LogP contribution in [-0.4, -0.2) is 0 Å². The molecule has 0 bridgehead atoms. The Balaban J connectivity index is 2.74. The summed E-state index contributed by atoms with van der Waals surface area (Å²) < 4.78 is 0. The van der Waals surface area contributed by atoms with Gasteiger partial charge in [-0.1, -0.05) is 30.7 Å². The first kappa shape index (κ1) is 8.80. The zero-order chi connectivity index (χ0) is 8.81. The molecule has 0 N–H and O–H groups in total. The molecule has 0 atom stereocenters. The Labute approximate surface area is 73.7 Å². The van der Waals surface area contributed by atoms with E-state index in [1.165, 1.54) is 5.57 Å². The highest BCUT2D eigenvalue weighted by molar-refractivity contribution is 5.32. The second-order valence-electron chi connectivity index (χ2n) is 2.83. The Bertz CT molecular complexity index is 274. The van der Waals surface area contributed by atoms with Gasteiger partial charge in [0.05, 0.1) is 6.07 Å². The number of rotatable bonds is 1. The van der Waals surface area contributed by atoms with Crippen molar-refractivity contribution in [1.82, 2.24) is 0 Å². The molecule has 0 heterocycles. The maximum absolute atomic E-state index is 8.66. The fourth-order valence-corrected chi connectivity index (χ4v) is 1.21. The van der Waals surface area contributed by atoms with Gasteiger partial charge >= 0.3 is 0 Å². The van der Waals surface area contributed by atoms with Crippen molar-refractivity contribution in [2.45, 2.75) is 26.2 Å². The van der Waals surface area contributed by atoms with Crippen molar-refractivity contribution >= 4 is 0 Å². The summed E-state index contributed by atoms with van der Waals surface area (Å²) in [6, 6.07) is 2.19. The van der Waals surface area contributed by atoms with Crippen LogP contribution in [0.3, 0.4) is 0 Å². The third-order valence-corrected chi connectivity index (χ3v) is 1.98. The van der Waals surface area contributed by atoms with Crippen LogP contribution >= 0.6 is 0 Å². The molecule has 1 heteroatoms. The normalized spacial score (nSPS) is 28.3. The molecular formula is C11H13N. The molecule has 0 spiro atoms. The largest absolute Gasteiger partial charge is 0.193 e. The maximum atomic E-state index is 8.66. The first-order chi connectivity index (χ1) is 5.86. The maximum Gasteiger partial charge on any atom is 0.0947 e. The number of hydrogen-bond donors (Lipinski definition) is 0. The first-order valence-electron chi connectivity index (χ1n) is 4.33. The van der Waals surface area contributed by atoms with Crippen LogP contribution in [-0.2, 0) is 0 Å². The lowest BCUT2D eigenvalue weighted by atomic mass is 10.0. The molecule has 12 heavy (non-hydrogen) atoms. The van der Waals surface area contributed by atoms with Gasteiger partial charge in [-0.25, -0.2) is 0 Å². The van der Waals surface area contributed by atoms with E-state index in [-0.39, 0.29) is 0 Å². The molecular weight excluding hydrogens is 146 g/mol. The predicted octanol–water partition coefficient (Wildman–Crippen LogP) is 3.12. The van der Waals surface area contributed by atoms with E-state index in [1.54, 1.807) is 0 Å². The van der Waals surface area contributed by atoms with Gasteiger partial charge in [0.2, 0.25) is 0 Å². The van der Waals surface area contributed by atoms with Crippen molar-refractivity contribution in [2.75, 3.05) is 0 Å². The summed E-state index contributed by atoms with van der Waals surface area (Å²) in [5.41, 5.74) is 2.24. The summed E-state index contributed by atoms with van der Waals surface area (Å²) in [7, 11) is 0. The Kier molecular flexibility index (Phi) is 3.35. The lowest BCUT2D eigenvalue weighted by Gasteiger charge is -2.00. The van der Waals surface area contributed by atoms with Crippen molar-refractivity contribution in [1.29, 1.82) is 5.26 Å². The highest BCUT2D eigenvalue weighted by atomic mass is 14.2. The Hall–Kier alpha value is -1.29. The Morgan fingerprint density at radius 1 is 1.58 bits per heavy atom. The zero-order valence-corrected chi connectivity index (χ0v) is 7.38. The SMILES string of the molecule is CCC1=C/CC/C(C#N)=C/C=C\1.